The van der Waals surface area contributed by atoms with Crippen LogP contribution < -0.4 is 0 Å². The zero-order valence-corrected chi connectivity index (χ0v) is 9.08. The lowest BCUT2D eigenvalue weighted by atomic mass is 10.0. The number of benzene rings is 2. The fourth-order valence-corrected chi connectivity index (χ4v) is 1.75. The molecule has 0 fully saturated rings. The zero-order valence-electron chi connectivity index (χ0n) is 9.08. The van der Waals surface area contributed by atoms with E-state index in [9.17, 15) is 0 Å². The van der Waals surface area contributed by atoms with Gasteiger partial charge in [0.2, 0.25) is 0 Å². The van der Waals surface area contributed by atoms with Crippen molar-refractivity contribution in [3.05, 3.63) is 60.8 Å². The van der Waals surface area contributed by atoms with Gasteiger partial charge < -0.3 is 4.52 Å². The number of hydrogen-bond acceptors (Lipinski definition) is 3. The normalized spacial score (nSPS) is 10.4. The first-order valence-electron chi connectivity index (χ1n) is 5.37. The van der Waals surface area contributed by atoms with Crippen molar-refractivity contribution in [2.45, 2.75) is 0 Å². The minimum absolute atomic E-state index is 0.685. The predicted molar refractivity (Wildman–Crippen MR) is 65.2 cm³/mol. The number of rotatable bonds is 2. The lowest BCUT2D eigenvalue weighted by Gasteiger charge is -2.01. The lowest BCUT2D eigenvalue weighted by Crippen LogP contribution is -1.78. The number of hydrogen-bond donors (Lipinski definition) is 0. The second-order valence-corrected chi connectivity index (χ2v) is 3.73. The highest BCUT2D eigenvalue weighted by atomic mass is 16.5. The van der Waals surface area contributed by atoms with E-state index < -0.39 is 0 Å². The molecule has 0 atom stereocenters. The molecule has 0 aliphatic rings. The van der Waals surface area contributed by atoms with Gasteiger partial charge in [0.25, 0.3) is 0 Å². The van der Waals surface area contributed by atoms with Crippen molar-refractivity contribution in [2.24, 2.45) is 0 Å². The molecule has 0 unspecified atom stereocenters. The molecule has 2 aromatic carbocycles. The molecule has 3 aromatic rings. The average molecular weight is 222 g/mol. The van der Waals surface area contributed by atoms with Crippen molar-refractivity contribution in [3.63, 3.8) is 0 Å². The van der Waals surface area contributed by atoms with Crippen LogP contribution in [0.2, 0.25) is 0 Å². The maximum Gasteiger partial charge on any atom is 0.187 e. The monoisotopic (exact) mass is 222 g/mol. The van der Waals surface area contributed by atoms with Gasteiger partial charge in [-0.1, -0.05) is 54.6 Å². The zero-order chi connectivity index (χ0) is 11.5. The van der Waals surface area contributed by atoms with Crippen LogP contribution >= 0.6 is 0 Å². The molecular formula is C14H10N2O. The molecule has 0 N–H and O–H groups in total. The van der Waals surface area contributed by atoms with Crippen LogP contribution in [-0.4, -0.2) is 10.4 Å². The minimum atomic E-state index is 0.685. The van der Waals surface area contributed by atoms with Crippen molar-refractivity contribution in [2.75, 3.05) is 0 Å². The number of nitrogens with zero attached hydrogens (tertiary/aromatic N) is 2. The smallest absolute Gasteiger partial charge is 0.187 e. The van der Waals surface area contributed by atoms with Crippen LogP contribution in [0.15, 0.2) is 65.3 Å². The van der Waals surface area contributed by atoms with E-state index in [1.165, 1.54) is 11.1 Å². The van der Waals surface area contributed by atoms with Crippen molar-refractivity contribution in [1.82, 2.24) is 10.4 Å². The molecule has 3 nitrogen and oxygen atoms in total. The molecule has 0 spiro atoms. The highest BCUT2D eigenvalue weighted by Gasteiger charge is 2.02. The SMILES string of the molecule is c1ccc(-c2ccc(-c3cnno3)cc2)cc1. The Morgan fingerprint density at radius 1 is 0.706 bits per heavy atom. The van der Waals surface area contributed by atoms with Crippen LogP contribution in [0.3, 0.4) is 0 Å². The third-order valence-corrected chi connectivity index (χ3v) is 2.64. The van der Waals surface area contributed by atoms with Gasteiger partial charge in [0.05, 0.1) is 6.20 Å². The largest absolute Gasteiger partial charge is 0.337 e. The van der Waals surface area contributed by atoms with Gasteiger partial charge in [0, 0.05) is 10.8 Å². The molecule has 1 aromatic heterocycles. The van der Waals surface area contributed by atoms with E-state index in [1.54, 1.807) is 6.20 Å². The molecule has 3 rings (SSSR count). The topological polar surface area (TPSA) is 38.9 Å². The fourth-order valence-electron chi connectivity index (χ4n) is 1.75. The summed E-state index contributed by atoms with van der Waals surface area (Å²) in [6, 6.07) is 18.4. The fraction of sp³-hybridized carbons (Fsp3) is 0. The van der Waals surface area contributed by atoms with Crippen LogP contribution in [0.4, 0.5) is 0 Å². The Hall–Kier alpha value is -2.42. The van der Waals surface area contributed by atoms with Gasteiger partial charge in [0.15, 0.2) is 5.76 Å². The van der Waals surface area contributed by atoms with E-state index in [-0.39, 0.29) is 0 Å². The Bertz CT molecular complexity index is 586. The quantitative estimate of drug-likeness (QED) is 0.667. The van der Waals surface area contributed by atoms with Crippen LogP contribution in [0.1, 0.15) is 0 Å². The summed E-state index contributed by atoms with van der Waals surface area (Å²) in [6.45, 7) is 0. The summed E-state index contributed by atoms with van der Waals surface area (Å²) in [6.07, 6.45) is 1.61. The Kier molecular flexibility index (Phi) is 2.43. The molecular weight excluding hydrogens is 212 g/mol. The Morgan fingerprint density at radius 3 is 2.00 bits per heavy atom. The second-order valence-electron chi connectivity index (χ2n) is 3.73. The highest BCUT2D eigenvalue weighted by Crippen LogP contribution is 2.23. The summed E-state index contributed by atoms with van der Waals surface area (Å²) >= 11 is 0. The van der Waals surface area contributed by atoms with E-state index in [0.29, 0.717) is 5.76 Å². The van der Waals surface area contributed by atoms with Gasteiger partial charge in [0.1, 0.15) is 0 Å². The van der Waals surface area contributed by atoms with Gasteiger partial charge in [-0.2, -0.15) is 0 Å². The molecule has 0 radical (unpaired) electrons. The molecule has 17 heavy (non-hydrogen) atoms. The lowest BCUT2D eigenvalue weighted by molar-refractivity contribution is 0.403. The van der Waals surface area contributed by atoms with E-state index >= 15 is 0 Å². The summed E-state index contributed by atoms with van der Waals surface area (Å²) in [7, 11) is 0. The molecule has 0 aliphatic carbocycles. The van der Waals surface area contributed by atoms with E-state index in [4.69, 9.17) is 4.52 Å². The molecule has 3 heteroatoms. The molecule has 0 amide bonds. The van der Waals surface area contributed by atoms with Gasteiger partial charge in [-0.05, 0) is 11.1 Å². The molecule has 82 valence electrons. The van der Waals surface area contributed by atoms with Crippen LogP contribution in [0.25, 0.3) is 22.5 Å². The van der Waals surface area contributed by atoms with Gasteiger partial charge in [-0.15, -0.1) is 5.10 Å². The van der Waals surface area contributed by atoms with Crippen molar-refractivity contribution >= 4 is 0 Å². The van der Waals surface area contributed by atoms with Crippen molar-refractivity contribution in [3.8, 4) is 22.5 Å². The van der Waals surface area contributed by atoms with Gasteiger partial charge in [-0.3, -0.25) is 0 Å². The first-order chi connectivity index (χ1) is 8.43. The van der Waals surface area contributed by atoms with E-state index in [1.807, 2.05) is 30.3 Å². The molecule has 0 saturated heterocycles. The second kappa shape index (κ2) is 4.22. The van der Waals surface area contributed by atoms with E-state index in [2.05, 4.69) is 34.6 Å². The maximum atomic E-state index is 5.00. The van der Waals surface area contributed by atoms with Gasteiger partial charge in [-0.25, -0.2) is 0 Å². The van der Waals surface area contributed by atoms with Crippen LogP contribution in [-0.2, 0) is 0 Å². The summed E-state index contributed by atoms with van der Waals surface area (Å²) in [5.41, 5.74) is 3.37. The van der Waals surface area contributed by atoms with Crippen LogP contribution in [0, 0.1) is 0 Å². The predicted octanol–water partition coefficient (Wildman–Crippen LogP) is 3.40. The summed E-state index contributed by atoms with van der Waals surface area (Å²) in [5.74, 6) is 0.685. The summed E-state index contributed by atoms with van der Waals surface area (Å²) in [4.78, 5) is 0. The average Bonchev–Trinajstić information content (AvgIpc) is 2.94. The summed E-state index contributed by atoms with van der Waals surface area (Å²) < 4.78 is 5.00. The number of aromatic nitrogens is 2. The molecule has 1 heterocycles. The Balaban J connectivity index is 1.96. The van der Waals surface area contributed by atoms with Gasteiger partial charge >= 0.3 is 0 Å². The Morgan fingerprint density at radius 2 is 1.35 bits per heavy atom. The Labute approximate surface area is 98.7 Å². The molecule has 0 aliphatic heterocycles. The molecule has 0 bridgehead atoms. The molecule has 0 saturated carbocycles. The first kappa shape index (κ1) is 9.78. The maximum absolute atomic E-state index is 5.00. The highest BCUT2D eigenvalue weighted by molar-refractivity contribution is 5.67. The summed E-state index contributed by atoms with van der Waals surface area (Å²) in [5, 5.41) is 7.12. The van der Waals surface area contributed by atoms with Crippen LogP contribution in [0.5, 0.6) is 0 Å². The van der Waals surface area contributed by atoms with E-state index in [0.717, 1.165) is 5.56 Å². The third-order valence-electron chi connectivity index (χ3n) is 2.64. The standard InChI is InChI=1S/C14H10N2O/c1-2-4-11(5-3-1)12-6-8-13(9-7-12)14-10-15-16-17-14/h1-10H. The third kappa shape index (κ3) is 1.95. The minimum Gasteiger partial charge on any atom is -0.337 e. The van der Waals surface area contributed by atoms with Crippen molar-refractivity contribution in [1.29, 1.82) is 0 Å². The van der Waals surface area contributed by atoms with Crippen molar-refractivity contribution < 1.29 is 4.52 Å². The first-order valence-corrected chi connectivity index (χ1v) is 5.37.